The normalized spacial score (nSPS) is 11.5. The highest BCUT2D eigenvalue weighted by atomic mass is 32.1. The minimum Gasteiger partial charge on any atom is -0.311 e. The van der Waals surface area contributed by atoms with Gasteiger partial charge in [0.25, 0.3) is 0 Å². The van der Waals surface area contributed by atoms with Gasteiger partial charge >= 0.3 is 0 Å². The molecule has 0 amide bonds. The quantitative estimate of drug-likeness (QED) is 0.735. The number of hydrogen-bond acceptors (Lipinski definition) is 5. The van der Waals surface area contributed by atoms with E-state index in [0.717, 1.165) is 30.2 Å². The van der Waals surface area contributed by atoms with Crippen molar-refractivity contribution in [2.24, 2.45) is 0 Å². The second-order valence-corrected chi connectivity index (χ2v) is 6.10. The molecule has 0 atom stereocenters. The van der Waals surface area contributed by atoms with E-state index in [0.29, 0.717) is 0 Å². The van der Waals surface area contributed by atoms with Gasteiger partial charge in [-0.2, -0.15) is 0 Å². The van der Waals surface area contributed by atoms with Gasteiger partial charge in [0.2, 0.25) is 0 Å². The fraction of sp³-hybridized carbons (Fsp3) is 0.385. The molecule has 0 aliphatic carbocycles. The molecule has 0 saturated heterocycles. The average molecular weight is 292 g/mol. The van der Waals surface area contributed by atoms with Crippen molar-refractivity contribution < 1.29 is 0 Å². The summed E-state index contributed by atoms with van der Waals surface area (Å²) in [5.41, 5.74) is 6.70. The molecule has 19 heavy (non-hydrogen) atoms. The van der Waals surface area contributed by atoms with E-state index >= 15 is 0 Å². The van der Waals surface area contributed by atoms with Crippen LogP contribution in [0.5, 0.6) is 0 Å². The zero-order valence-electron chi connectivity index (χ0n) is 11.0. The maximum absolute atomic E-state index is 4.59. The van der Waals surface area contributed by atoms with Crippen LogP contribution in [-0.2, 0) is 13.0 Å². The minimum absolute atomic E-state index is 0.856. The molecule has 0 fully saturated rings. The maximum atomic E-state index is 4.59. The second-order valence-electron chi connectivity index (χ2n) is 4.55. The third-order valence-electron chi connectivity index (χ3n) is 3.16. The Morgan fingerprint density at radius 1 is 1.32 bits per heavy atom. The number of hydrogen-bond donors (Lipinski definition) is 1. The lowest BCUT2D eigenvalue weighted by atomic mass is 10.3. The van der Waals surface area contributed by atoms with E-state index < -0.39 is 0 Å². The highest BCUT2D eigenvalue weighted by molar-refractivity contribution is 7.15. The molecule has 0 radical (unpaired) electrons. The number of aryl methyl sites for hydroxylation is 2. The smallest absolute Gasteiger partial charge is 0.194 e. The molecule has 1 N–H and O–H groups in total. The molecule has 0 bridgehead atoms. The van der Waals surface area contributed by atoms with Crippen LogP contribution in [0.4, 0.5) is 0 Å². The van der Waals surface area contributed by atoms with Crippen molar-refractivity contribution in [3.63, 3.8) is 0 Å². The molecular formula is C13H16N4S2. The van der Waals surface area contributed by atoms with Gasteiger partial charge in [-0.15, -0.1) is 22.7 Å². The van der Waals surface area contributed by atoms with E-state index in [9.17, 15) is 0 Å². The Kier molecular flexibility index (Phi) is 3.63. The third-order valence-corrected chi connectivity index (χ3v) is 4.74. The lowest BCUT2D eigenvalue weighted by molar-refractivity contribution is 0.662. The lowest BCUT2D eigenvalue weighted by Crippen LogP contribution is -2.18. The third kappa shape index (κ3) is 2.56. The van der Waals surface area contributed by atoms with Gasteiger partial charge in [-0.25, -0.2) is 9.97 Å². The Morgan fingerprint density at radius 2 is 2.21 bits per heavy atom. The topological polar surface area (TPSA) is 42.2 Å². The minimum atomic E-state index is 0.856. The summed E-state index contributed by atoms with van der Waals surface area (Å²) in [6.07, 6.45) is 0.979. The Balaban J connectivity index is 1.65. The van der Waals surface area contributed by atoms with E-state index in [1.807, 2.05) is 5.51 Å². The van der Waals surface area contributed by atoms with Crippen molar-refractivity contribution in [3.05, 3.63) is 39.0 Å². The number of nitrogens with one attached hydrogen (secondary N) is 1. The van der Waals surface area contributed by atoms with Gasteiger partial charge in [0.15, 0.2) is 4.96 Å². The fourth-order valence-corrected chi connectivity index (χ4v) is 3.68. The Morgan fingerprint density at radius 3 is 3.00 bits per heavy atom. The van der Waals surface area contributed by atoms with Gasteiger partial charge in [-0.1, -0.05) is 0 Å². The summed E-state index contributed by atoms with van der Waals surface area (Å²) in [6.45, 7) is 6.01. The highest BCUT2D eigenvalue weighted by Gasteiger charge is 2.11. The van der Waals surface area contributed by atoms with E-state index in [-0.39, 0.29) is 0 Å². The molecule has 0 unspecified atom stereocenters. The lowest BCUT2D eigenvalue weighted by Gasteiger charge is -2.05. The van der Waals surface area contributed by atoms with Crippen molar-refractivity contribution in [1.82, 2.24) is 19.7 Å². The maximum Gasteiger partial charge on any atom is 0.194 e. The molecule has 0 saturated carbocycles. The van der Waals surface area contributed by atoms with Gasteiger partial charge in [-0.05, 0) is 13.8 Å². The Hall–Kier alpha value is -1.24. The van der Waals surface area contributed by atoms with Gasteiger partial charge < -0.3 is 5.32 Å². The highest BCUT2D eigenvalue weighted by Crippen LogP contribution is 2.20. The number of fused-ring (bicyclic) bond motifs is 1. The first-order chi connectivity index (χ1) is 9.25. The molecule has 100 valence electrons. The fourth-order valence-electron chi connectivity index (χ4n) is 2.16. The molecule has 3 rings (SSSR count). The molecule has 0 aromatic carbocycles. The van der Waals surface area contributed by atoms with Crippen LogP contribution in [0, 0.1) is 13.8 Å². The van der Waals surface area contributed by atoms with Crippen LogP contribution in [0.15, 0.2) is 16.3 Å². The molecule has 3 aromatic heterocycles. The Labute approximate surface area is 120 Å². The molecule has 0 spiro atoms. The van der Waals surface area contributed by atoms with Crippen molar-refractivity contribution in [2.75, 3.05) is 6.54 Å². The SMILES string of the molecule is Cc1nc2scc(C)n2c1CNCCc1cscn1. The number of rotatable bonds is 5. The van der Waals surface area contributed by atoms with Crippen molar-refractivity contribution in [1.29, 1.82) is 0 Å². The van der Waals surface area contributed by atoms with Crippen LogP contribution < -0.4 is 5.32 Å². The van der Waals surface area contributed by atoms with Crippen LogP contribution in [0.25, 0.3) is 4.96 Å². The zero-order chi connectivity index (χ0) is 13.2. The van der Waals surface area contributed by atoms with Gasteiger partial charge in [0, 0.05) is 36.0 Å². The standard InChI is InChI=1S/C13H16N4S2/c1-9-6-19-13-16-10(2)12(17(9)13)5-14-4-3-11-7-18-8-15-11/h6-8,14H,3-5H2,1-2H3. The van der Waals surface area contributed by atoms with Crippen LogP contribution in [0.3, 0.4) is 0 Å². The van der Waals surface area contributed by atoms with E-state index in [1.54, 1.807) is 22.7 Å². The monoisotopic (exact) mass is 292 g/mol. The summed E-state index contributed by atoms with van der Waals surface area (Å²) < 4.78 is 2.25. The molecular weight excluding hydrogens is 276 g/mol. The van der Waals surface area contributed by atoms with E-state index in [4.69, 9.17) is 0 Å². The van der Waals surface area contributed by atoms with Gasteiger partial charge in [0.1, 0.15) is 0 Å². The number of nitrogens with zero attached hydrogens (tertiary/aromatic N) is 3. The van der Waals surface area contributed by atoms with Crippen LogP contribution in [-0.4, -0.2) is 20.9 Å². The largest absolute Gasteiger partial charge is 0.311 e. The first kappa shape index (κ1) is 12.8. The summed E-state index contributed by atoms with van der Waals surface area (Å²) in [5.74, 6) is 0. The van der Waals surface area contributed by atoms with Crippen LogP contribution in [0.1, 0.15) is 22.8 Å². The average Bonchev–Trinajstić information content (AvgIpc) is 3.07. The van der Waals surface area contributed by atoms with Crippen LogP contribution >= 0.6 is 22.7 Å². The Bertz CT molecular complexity index is 666. The second kappa shape index (κ2) is 5.40. The number of imidazole rings is 1. The van der Waals surface area contributed by atoms with Crippen molar-refractivity contribution in [2.45, 2.75) is 26.8 Å². The molecule has 4 nitrogen and oxygen atoms in total. The number of thiazole rings is 2. The molecule has 6 heteroatoms. The zero-order valence-corrected chi connectivity index (χ0v) is 12.6. The molecule has 3 heterocycles. The first-order valence-corrected chi connectivity index (χ1v) is 8.08. The van der Waals surface area contributed by atoms with Gasteiger partial charge in [0.05, 0.1) is 22.6 Å². The van der Waals surface area contributed by atoms with Crippen molar-refractivity contribution in [3.8, 4) is 0 Å². The predicted octanol–water partition coefficient (Wildman–Crippen LogP) is 2.80. The molecule has 0 aliphatic rings. The summed E-state index contributed by atoms with van der Waals surface area (Å²) in [7, 11) is 0. The summed E-state index contributed by atoms with van der Waals surface area (Å²) in [4.78, 5) is 9.97. The van der Waals surface area contributed by atoms with Gasteiger partial charge in [-0.3, -0.25) is 4.40 Å². The summed E-state index contributed by atoms with van der Waals surface area (Å²) in [5, 5.41) is 7.74. The van der Waals surface area contributed by atoms with E-state index in [2.05, 4.69) is 44.3 Å². The molecule has 3 aromatic rings. The van der Waals surface area contributed by atoms with Crippen molar-refractivity contribution >= 4 is 27.6 Å². The molecule has 0 aliphatic heterocycles. The van der Waals surface area contributed by atoms with E-state index in [1.165, 1.54) is 17.1 Å². The number of aromatic nitrogens is 3. The predicted molar refractivity (Wildman–Crippen MR) is 80.1 cm³/mol. The van der Waals surface area contributed by atoms with Crippen LogP contribution in [0.2, 0.25) is 0 Å². The summed E-state index contributed by atoms with van der Waals surface area (Å²) >= 11 is 3.35. The first-order valence-electron chi connectivity index (χ1n) is 6.25. The summed E-state index contributed by atoms with van der Waals surface area (Å²) in [6, 6.07) is 0.